The van der Waals surface area contributed by atoms with Gasteiger partial charge in [0.15, 0.2) is 17.5 Å². The lowest BCUT2D eigenvalue weighted by molar-refractivity contribution is -0.00516. The fraction of sp³-hybridized carbons (Fsp3) is 0.204. The summed E-state index contributed by atoms with van der Waals surface area (Å²) >= 11 is 0. The van der Waals surface area contributed by atoms with Gasteiger partial charge in [-0.05, 0) is 121 Å². The van der Waals surface area contributed by atoms with E-state index in [0.29, 0.717) is 17.5 Å². The van der Waals surface area contributed by atoms with Gasteiger partial charge in [0, 0.05) is 27.1 Å². The molecule has 4 saturated carbocycles. The summed E-state index contributed by atoms with van der Waals surface area (Å²) in [5.74, 6) is 3.64. The first kappa shape index (κ1) is 31.2. The second-order valence-corrected chi connectivity index (χ2v) is 16.3. The van der Waals surface area contributed by atoms with Crippen molar-refractivity contribution < 1.29 is 13.2 Å². The number of furan rings is 2. The highest BCUT2D eigenvalue weighted by Gasteiger charge is 2.51. The number of aromatic nitrogens is 3. The maximum atomic E-state index is 15.1. The zero-order valence-electron chi connectivity index (χ0n) is 30.1. The predicted molar refractivity (Wildman–Crippen MR) is 216 cm³/mol. The average molecular weight is 718 g/mol. The van der Waals surface area contributed by atoms with Crippen LogP contribution in [0.2, 0.25) is 0 Å². The van der Waals surface area contributed by atoms with Gasteiger partial charge in [-0.2, -0.15) is 0 Å². The number of hydrogen-bond donors (Lipinski definition) is 0. The Morgan fingerprint density at radius 3 is 1.55 bits per heavy atom. The summed E-state index contributed by atoms with van der Waals surface area (Å²) in [6.45, 7) is 0. The van der Waals surface area contributed by atoms with E-state index < -0.39 is 0 Å². The average Bonchev–Trinajstić information content (AvgIpc) is 3.79. The van der Waals surface area contributed by atoms with Gasteiger partial charge < -0.3 is 8.83 Å². The lowest BCUT2D eigenvalue weighted by Gasteiger charge is -2.57. The number of rotatable bonds is 5. The van der Waals surface area contributed by atoms with E-state index in [4.69, 9.17) is 23.8 Å². The molecule has 6 heteroatoms. The molecule has 9 aromatic rings. The van der Waals surface area contributed by atoms with E-state index in [1.165, 1.54) is 50.2 Å². The molecule has 266 valence electrons. The van der Waals surface area contributed by atoms with E-state index in [-0.39, 0.29) is 11.2 Å². The molecule has 3 aromatic heterocycles. The standard InChI is InChI=1S/C49H36FN3O2/c50-33-9-5-8-31(23-33)41-24-32(49-25-28-20-29(26-49)22-30(21-28)27-49)18-19-38(41)46-51-47(39-14-6-12-36-34-10-1-3-16-42(34)54-44(36)39)53-48(52-46)40-15-7-13-37-35-11-2-4-17-43(35)55-45(37)40/h1-19,23-24,28-30H,20-22,25-27H2. The minimum atomic E-state index is -0.270. The molecule has 4 aliphatic carbocycles. The Balaban J connectivity index is 1.11. The molecule has 6 aromatic carbocycles. The highest BCUT2D eigenvalue weighted by atomic mass is 19.1. The highest BCUT2D eigenvalue weighted by molar-refractivity contribution is 6.10. The summed E-state index contributed by atoms with van der Waals surface area (Å²) in [6.07, 6.45) is 7.85. The van der Waals surface area contributed by atoms with Crippen LogP contribution in [0, 0.1) is 23.6 Å². The first-order valence-electron chi connectivity index (χ1n) is 19.5. The molecule has 55 heavy (non-hydrogen) atoms. The van der Waals surface area contributed by atoms with Crippen molar-refractivity contribution in [2.24, 2.45) is 17.8 Å². The lowest BCUT2D eigenvalue weighted by atomic mass is 9.48. The molecule has 13 rings (SSSR count). The van der Waals surface area contributed by atoms with E-state index in [2.05, 4.69) is 42.5 Å². The van der Waals surface area contributed by atoms with Crippen LogP contribution in [0.5, 0.6) is 0 Å². The van der Waals surface area contributed by atoms with Gasteiger partial charge in [0.05, 0.1) is 11.1 Å². The number of para-hydroxylation sites is 4. The molecular weight excluding hydrogens is 682 g/mol. The summed E-state index contributed by atoms with van der Waals surface area (Å²) < 4.78 is 28.1. The van der Waals surface area contributed by atoms with Crippen molar-refractivity contribution in [1.82, 2.24) is 15.0 Å². The van der Waals surface area contributed by atoms with Crippen molar-refractivity contribution in [2.45, 2.75) is 43.9 Å². The number of fused-ring (bicyclic) bond motifs is 6. The van der Waals surface area contributed by atoms with E-state index in [1.807, 2.05) is 66.7 Å². The maximum absolute atomic E-state index is 15.1. The lowest BCUT2D eigenvalue weighted by Crippen LogP contribution is -2.48. The highest BCUT2D eigenvalue weighted by Crippen LogP contribution is 2.61. The molecule has 0 N–H and O–H groups in total. The number of hydrogen-bond acceptors (Lipinski definition) is 5. The topological polar surface area (TPSA) is 65.0 Å². The summed E-state index contributed by atoms with van der Waals surface area (Å²) in [7, 11) is 0. The van der Waals surface area contributed by atoms with Crippen molar-refractivity contribution in [3.8, 4) is 45.3 Å². The SMILES string of the molecule is Fc1cccc(-c2cc(C34CC5CC(CC(C5)C3)C4)ccc2-c2nc(-c3cccc4c3oc3ccccc34)nc(-c3cccc4c3oc3ccccc34)n2)c1. The van der Waals surface area contributed by atoms with E-state index in [9.17, 15) is 0 Å². The Hall–Kier alpha value is -6.14. The summed E-state index contributed by atoms with van der Waals surface area (Å²) in [4.78, 5) is 15.7. The van der Waals surface area contributed by atoms with Crippen LogP contribution in [-0.2, 0) is 5.41 Å². The second-order valence-electron chi connectivity index (χ2n) is 16.3. The molecule has 4 aliphatic rings. The van der Waals surface area contributed by atoms with Crippen LogP contribution < -0.4 is 0 Å². The largest absolute Gasteiger partial charge is 0.455 e. The molecule has 0 amide bonds. The molecule has 0 saturated heterocycles. The Labute approximate surface area is 316 Å². The van der Waals surface area contributed by atoms with E-state index >= 15 is 4.39 Å². The van der Waals surface area contributed by atoms with Crippen molar-refractivity contribution in [1.29, 1.82) is 0 Å². The van der Waals surface area contributed by atoms with E-state index in [0.717, 1.165) is 89.4 Å². The molecule has 0 spiro atoms. The Morgan fingerprint density at radius 2 is 0.982 bits per heavy atom. The molecule has 4 bridgehead atoms. The van der Waals surface area contributed by atoms with Gasteiger partial charge in [0.1, 0.15) is 28.1 Å². The minimum Gasteiger partial charge on any atom is -0.455 e. The van der Waals surface area contributed by atoms with Crippen LogP contribution in [0.3, 0.4) is 0 Å². The fourth-order valence-corrected chi connectivity index (χ4v) is 11.0. The van der Waals surface area contributed by atoms with Crippen LogP contribution in [-0.4, -0.2) is 15.0 Å². The van der Waals surface area contributed by atoms with Crippen LogP contribution in [0.15, 0.2) is 136 Å². The Bertz CT molecular complexity index is 2850. The molecular formula is C49H36FN3O2. The van der Waals surface area contributed by atoms with Gasteiger partial charge in [-0.15, -0.1) is 0 Å². The van der Waals surface area contributed by atoms with Crippen LogP contribution in [0.1, 0.15) is 44.1 Å². The third kappa shape index (κ3) is 4.86. The van der Waals surface area contributed by atoms with Gasteiger partial charge in [-0.25, -0.2) is 19.3 Å². The third-order valence-corrected chi connectivity index (χ3v) is 13.0. The van der Waals surface area contributed by atoms with Crippen LogP contribution in [0.4, 0.5) is 4.39 Å². The summed E-state index contributed by atoms with van der Waals surface area (Å²) in [5, 5.41) is 4.07. The Kier molecular flexibility index (Phi) is 6.63. The number of halogens is 1. The second kappa shape index (κ2) is 11.7. The molecule has 0 aliphatic heterocycles. The fourth-order valence-electron chi connectivity index (χ4n) is 11.0. The minimum absolute atomic E-state index is 0.165. The maximum Gasteiger partial charge on any atom is 0.167 e. The van der Waals surface area contributed by atoms with E-state index in [1.54, 1.807) is 12.1 Å². The summed E-state index contributed by atoms with van der Waals surface area (Å²) in [5.41, 5.74) is 8.69. The van der Waals surface area contributed by atoms with Crippen molar-refractivity contribution in [3.63, 3.8) is 0 Å². The molecule has 0 unspecified atom stereocenters. The van der Waals surface area contributed by atoms with Crippen molar-refractivity contribution >= 4 is 43.9 Å². The van der Waals surface area contributed by atoms with Crippen LogP contribution in [0.25, 0.3) is 89.2 Å². The van der Waals surface area contributed by atoms with Gasteiger partial charge in [-0.3, -0.25) is 0 Å². The monoisotopic (exact) mass is 717 g/mol. The smallest absolute Gasteiger partial charge is 0.167 e. The molecule has 5 nitrogen and oxygen atoms in total. The molecule has 4 fully saturated rings. The summed E-state index contributed by atoms with van der Waals surface area (Å²) in [6, 6.07) is 42.2. The first-order valence-corrected chi connectivity index (χ1v) is 19.5. The van der Waals surface area contributed by atoms with Crippen molar-refractivity contribution in [2.75, 3.05) is 0 Å². The molecule has 0 radical (unpaired) electrons. The Morgan fingerprint density at radius 1 is 0.473 bits per heavy atom. The zero-order chi connectivity index (χ0) is 36.3. The van der Waals surface area contributed by atoms with Gasteiger partial charge in [-0.1, -0.05) is 84.9 Å². The van der Waals surface area contributed by atoms with Gasteiger partial charge in [0.2, 0.25) is 0 Å². The third-order valence-electron chi connectivity index (χ3n) is 13.0. The van der Waals surface area contributed by atoms with Crippen LogP contribution >= 0.6 is 0 Å². The number of benzene rings is 6. The normalized spacial score (nSPS) is 21.7. The number of nitrogens with zero attached hydrogens (tertiary/aromatic N) is 3. The quantitative estimate of drug-likeness (QED) is 0.177. The predicted octanol–water partition coefficient (Wildman–Crippen LogP) is 12.9. The van der Waals surface area contributed by atoms with Gasteiger partial charge >= 0.3 is 0 Å². The zero-order valence-corrected chi connectivity index (χ0v) is 30.1. The molecule has 3 heterocycles. The first-order chi connectivity index (χ1) is 27.0. The molecule has 0 atom stereocenters. The van der Waals surface area contributed by atoms with Crippen molar-refractivity contribution in [3.05, 3.63) is 139 Å². The van der Waals surface area contributed by atoms with Gasteiger partial charge in [0.25, 0.3) is 0 Å².